The molecule has 4 aromatic rings. The first-order valence-corrected chi connectivity index (χ1v) is 12.2. The van der Waals surface area contributed by atoms with Gasteiger partial charge in [-0.3, -0.25) is 9.88 Å². The Morgan fingerprint density at radius 1 is 0.971 bits per heavy atom. The highest BCUT2D eigenvalue weighted by Crippen LogP contribution is 2.47. The predicted molar refractivity (Wildman–Crippen MR) is 135 cm³/mol. The number of aliphatic imine (C=N–C) groups is 1. The molecule has 3 N–H and O–H groups in total. The molecule has 3 aliphatic rings. The van der Waals surface area contributed by atoms with Gasteiger partial charge in [-0.15, -0.1) is 0 Å². The number of hydrogen-bond donors (Lipinski definition) is 3. The highest BCUT2D eigenvalue weighted by molar-refractivity contribution is 6.16. The topological polar surface area (TPSA) is 81.2 Å². The number of benzene rings is 1. The molecule has 1 atom stereocenters. The lowest BCUT2D eigenvalue weighted by Crippen LogP contribution is -2.46. The lowest BCUT2D eigenvalue weighted by molar-refractivity contribution is 0.178. The second-order valence-corrected chi connectivity index (χ2v) is 9.40. The van der Waals surface area contributed by atoms with Crippen molar-refractivity contribution >= 4 is 22.6 Å². The normalized spacial score (nSPS) is 20.6. The largest absolute Gasteiger partial charge is 0.339 e. The second kappa shape index (κ2) is 8.04. The van der Waals surface area contributed by atoms with E-state index in [-0.39, 0.29) is 6.17 Å². The Balaban J connectivity index is 1.35. The first-order chi connectivity index (χ1) is 16.8. The van der Waals surface area contributed by atoms with Gasteiger partial charge in [-0.2, -0.15) is 0 Å². The van der Waals surface area contributed by atoms with Gasteiger partial charge >= 0.3 is 0 Å². The molecule has 5 heterocycles. The van der Waals surface area contributed by atoms with Gasteiger partial charge in [-0.25, -0.2) is 9.98 Å². The fourth-order valence-corrected chi connectivity index (χ4v) is 5.28. The minimum absolute atomic E-state index is 0.00250. The molecule has 1 aliphatic carbocycles. The van der Waals surface area contributed by atoms with Crippen LogP contribution in [0.4, 0.5) is 5.69 Å². The number of fused-ring (bicyclic) bond motifs is 2. The molecule has 7 nitrogen and oxygen atoms in total. The van der Waals surface area contributed by atoms with E-state index in [1.807, 2.05) is 18.5 Å². The van der Waals surface area contributed by atoms with E-state index in [1.165, 1.54) is 24.0 Å². The average molecular weight is 450 g/mol. The number of pyridine rings is 2. The van der Waals surface area contributed by atoms with E-state index < -0.39 is 0 Å². The van der Waals surface area contributed by atoms with Crippen molar-refractivity contribution in [2.45, 2.75) is 24.9 Å². The maximum absolute atomic E-state index is 5.35. The highest BCUT2D eigenvalue weighted by Gasteiger charge is 2.36. The summed E-state index contributed by atoms with van der Waals surface area (Å²) >= 11 is 0. The van der Waals surface area contributed by atoms with Crippen LogP contribution in [-0.2, 0) is 0 Å². The Hall–Kier alpha value is -3.55. The van der Waals surface area contributed by atoms with Crippen molar-refractivity contribution in [1.82, 2.24) is 25.2 Å². The number of aromatic amines is 1. The molecule has 2 aliphatic heterocycles. The lowest BCUT2D eigenvalue weighted by atomic mass is 9.98. The summed E-state index contributed by atoms with van der Waals surface area (Å²) in [6.45, 7) is 3.96. The van der Waals surface area contributed by atoms with E-state index in [9.17, 15) is 0 Å². The third-order valence-corrected chi connectivity index (χ3v) is 7.17. The van der Waals surface area contributed by atoms with Gasteiger partial charge in [0.2, 0.25) is 0 Å². The minimum atomic E-state index is 0.00250. The van der Waals surface area contributed by atoms with Gasteiger partial charge in [0.15, 0.2) is 0 Å². The smallest absolute Gasteiger partial charge is 0.138 e. The fraction of sp³-hybridized carbons (Fsp3) is 0.296. The SMILES string of the molecule is c1ccc(-c2cc3c(C4=NC(N5CCNCC5)c5c(cncc5C5CC5)N4)ccnc3[nH]2)cc1. The quantitative estimate of drug-likeness (QED) is 0.433. The van der Waals surface area contributed by atoms with E-state index >= 15 is 0 Å². The number of amidine groups is 1. The molecule has 2 fully saturated rings. The summed E-state index contributed by atoms with van der Waals surface area (Å²) in [5, 5.41) is 8.20. The van der Waals surface area contributed by atoms with Crippen LogP contribution in [-0.4, -0.2) is 51.9 Å². The monoisotopic (exact) mass is 449 g/mol. The average Bonchev–Trinajstić information content (AvgIpc) is 3.66. The van der Waals surface area contributed by atoms with E-state index in [0.29, 0.717) is 5.92 Å². The van der Waals surface area contributed by atoms with Crippen molar-refractivity contribution in [2.24, 2.45) is 4.99 Å². The van der Waals surface area contributed by atoms with Gasteiger partial charge in [0, 0.05) is 60.8 Å². The maximum atomic E-state index is 5.35. The number of hydrogen-bond acceptors (Lipinski definition) is 6. The molecule has 1 unspecified atom stereocenters. The molecule has 7 heteroatoms. The Bertz CT molecular complexity index is 1380. The van der Waals surface area contributed by atoms with Crippen LogP contribution in [0.2, 0.25) is 0 Å². The van der Waals surface area contributed by atoms with E-state index in [1.54, 1.807) is 0 Å². The van der Waals surface area contributed by atoms with Crippen LogP contribution in [0.25, 0.3) is 22.3 Å². The summed E-state index contributed by atoms with van der Waals surface area (Å²) < 4.78 is 0. The van der Waals surface area contributed by atoms with Crippen molar-refractivity contribution in [2.75, 3.05) is 31.5 Å². The zero-order valence-electron chi connectivity index (χ0n) is 19.0. The molecule has 0 bridgehead atoms. The second-order valence-electron chi connectivity index (χ2n) is 9.40. The summed E-state index contributed by atoms with van der Waals surface area (Å²) in [6.07, 6.45) is 8.40. The molecular weight excluding hydrogens is 422 g/mol. The Morgan fingerprint density at radius 2 is 1.82 bits per heavy atom. The third-order valence-electron chi connectivity index (χ3n) is 7.17. The maximum Gasteiger partial charge on any atom is 0.138 e. The van der Waals surface area contributed by atoms with Gasteiger partial charge in [-0.1, -0.05) is 30.3 Å². The number of nitrogens with one attached hydrogen (secondary N) is 3. The van der Waals surface area contributed by atoms with Gasteiger partial charge in [0.1, 0.15) is 17.6 Å². The number of anilines is 1. The van der Waals surface area contributed by atoms with Crippen LogP contribution in [0.1, 0.15) is 41.6 Å². The van der Waals surface area contributed by atoms with Crippen molar-refractivity contribution in [1.29, 1.82) is 0 Å². The summed E-state index contributed by atoms with van der Waals surface area (Å²) in [5.74, 6) is 1.51. The van der Waals surface area contributed by atoms with Crippen molar-refractivity contribution in [3.05, 3.63) is 77.7 Å². The molecule has 7 rings (SSSR count). The van der Waals surface area contributed by atoms with E-state index in [4.69, 9.17) is 4.99 Å². The zero-order chi connectivity index (χ0) is 22.5. The lowest BCUT2D eigenvalue weighted by Gasteiger charge is -2.37. The van der Waals surface area contributed by atoms with Gasteiger partial charge in [0.05, 0.1) is 11.9 Å². The molecule has 0 radical (unpaired) electrons. The van der Waals surface area contributed by atoms with Crippen molar-refractivity contribution in [3.63, 3.8) is 0 Å². The predicted octanol–water partition coefficient (Wildman–Crippen LogP) is 4.28. The molecule has 3 aromatic heterocycles. The third kappa shape index (κ3) is 3.40. The fourth-order valence-electron chi connectivity index (χ4n) is 5.28. The van der Waals surface area contributed by atoms with Crippen LogP contribution in [0, 0.1) is 0 Å². The first kappa shape index (κ1) is 19.9. The summed E-state index contributed by atoms with van der Waals surface area (Å²) in [7, 11) is 0. The van der Waals surface area contributed by atoms with Crippen LogP contribution < -0.4 is 10.6 Å². The number of rotatable bonds is 4. The van der Waals surface area contributed by atoms with Crippen LogP contribution in [0.3, 0.4) is 0 Å². The highest BCUT2D eigenvalue weighted by atomic mass is 15.3. The molecule has 0 amide bonds. The molecular formula is C27H27N7. The minimum Gasteiger partial charge on any atom is -0.339 e. The van der Waals surface area contributed by atoms with Crippen molar-refractivity contribution in [3.8, 4) is 11.3 Å². The molecule has 34 heavy (non-hydrogen) atoms. The number of H-pyrrole nitrogens is 1. The van der Waals surface area contributed by atoms with Gasteiger partial charge < -0.3 is 15.6 Å². The Morgan fingerprint density at radius 3 is 2.65 bits per heavy atom. The first-order valence-electron chi connectivity index (χ1n) is 12.2. The van der Waals surface area contributed by atoms with E-state index in [0.717, 1.165) is 65.6 Å². The van der Waals surface area contributed by atoms with Crippen LogP contribution in [0.5, 0.6) is 0 Å². The van der Waals surface area contributed by atoms with Crippen LogP contribution >= 0.6 is 0 Å². The number of nitrogens with zero attached hydrogens (tertiary/aromatic N) is 4. The molecule has 1 saturated heterocycles. The van der Waals surface area contributed by atoms with Gasteiger partial charge in [0.25, 0.3) is 0 Å². The number of piperazine rings is 1. The molecule has 1 aromatic carbocycles. The molecule has 1 saturated carbocycles. The molecule has 0 spiro atoms. The summed E-state index contributed by atoms with van der Waals surface area (Å²) in [4.78, 5) is 20.6. The summed E-state index contributed by atoms with van der Waals surface area (Å²) in [5.41, 5.74) is 7.90. The Kier molecular flexibility index (Phi) is 4.70. The van der Waals surface area contributed by atoms with Crippen molar-refractivity contribution < 1.29 is 0 Å². The zero-order valence-corrected chi connectivity index (χ0v) is 19.0. The van der Waals surface area contributed by atoms with E-state index in [2.05, 4.69) is 73.1 Å². The van der Waals surface area contributed by atoms with Crippen LogP contribution in [0.15, 0.2) is 66.0 Å². The van der Waals surface area contributed by atoms with Gasteiger partial charge in [-0.05, 0) is 42.0 Å². The Labute approximate surface area is 198 Å². The standard InChI is InChI=1S/C27H27N7/c1-2-4-18(5-3-1)22-14-20-19(8-9-30-25(20)31-22)26-32-23-16-29-15-21(17-6-7-17)24(23)27(33-26)34-12-10-28-11-13-34/h1-5,8-9,14-17,27-28H,6-7,10-13H2,(H,30,31)(H,32,33). The molecule has 170 valence electrons. The number of aromatic nitrogens is 3. The summed E-state index contributed by atoms with van der Waals surface area (Å²) in [6, 6.07) is 14.6.